The van der Waals surface area contributed by atoms with Crippen LogP contribution in [0.1, 0.15) is 48.5 Å². The number of amides is 2. The number of hydrogen-bond acceptors (Lipinski definition) is 8. The Balaban J connectivity index is 0.907. The summed E-state index contributed by atoms with van der Waals surface area (Å²) in [7, 11) is 0. The highest BCUT2D eigenvalue weighted by atomic mass is 16.5. The van der Waals surface area contributed by atoms with Gasteiger partial charge >= 0.3 is 0 Å². The SMILES string of the molecule is NC(=O)c1c(-c2ccc(Oc3ccccc3)cc2)nn2c1NCC[C@H]2C1CCN(C(=O)Cn2cc(N3CCC4(CC3)CNC4)cn2)CC1. The van der Waals surface area contributed by atoms with Crippen LogP contribution >= 0.6 is 0 Å². The number of nitrogens with zero attached hydrogens (tertiary/aromatic N) is 6. The molecule has 1 spiro atoms. The predicted molar refractivity (Wildman–Crippen MR) is 183 cm³/mol. The molecular formula is C36H43N9O3. The zero-order valence-corrected chi connectivity index (χ0v) is 27.2. The van der Waals surface area contributed by atoms with E-state index in [2.05, 4.69) is 20.6 Å². The summed E-state index contributed by atoms with van der Waals surface area (Å²) < 4.78 is 9.72. The van der Waals surface area contributed by atoms with Gasteiger partial charge in [-0.1, -0.05) is 18.2 Å². The molecule has 2 amide bonds. The number of aromatic nitrogens is 4. The van der Waals surface area contributed by atoms with E-state index in [4.69, 9.17) is 15.6 Å². The number of likely N-dealkylation sites (tertiary alicyclic amines) is 1. The van der Waals surface area contributed by atoms with E-state index in [9.17, 15) is 9.59 Å². The van der Waals surface area contributed by atoms with Crippen LogP contribution in [0.15, 0.2) is 67.0 Å². The van der Waals surface area contributed by atoms with E-state index in [1.165, 1.54) is 12.8 Å². The van der Waals surface area contributed by atoms with Gasteiger partial charge < -0.3 is 30.9 Å². The molecule has 0 bridgehead atoms. The summed E-state index contributed by atoms with van der Waals surface area (Å²) >= 11 is 0. The summed E-state index contributed by atoms with van der Waals surface area (Å²) in [6.07, 6.45) is 8.97. The van der Waals surface area contributed by atoms with Crippen LogP contribution in [0.2, 0.25) is 0 Å². The van der Waals surface area contributed by atoms with Gasteiger partial charge in [0.1, 0.15) is 35.1 Å². The van der Waals surface area contributed by atoms with Crippen LogP contribution in [0.3, 0.4) is 0 Å². The van der Waals surface area contributed by atoms with E-state index in [0.717, 1.165) is 69.0 Å². The second-order valence-electron chi connectivity index (χ2n) is 13.8. The maximum Gasteiger partial charge on any atom is 0.254 e. The number of carbonyl (C=O) groups excluding carboxylic acids is 2. The summed E-state index contributed by atoms with van der Waals surface area (Å²) in [6.45, 7) is 6.74. The number of fused-ring (bicyclic) bond motifs is 1. The number of primary amides is 1. The minimum atomic E-state index is -0.508. The number of rotatable bonds is 8. The number of benzene rings is 2. The fourth-order valence-corrected chi connectivity index (χ4v) is 7.93. The molecule has 0 radical (unpaired) electrons. The molecule has 0 aliphatic carbocycles. The molecule has 3 saturated heterocycles. The van der Waals surface area contributed by atoms with Crippen LogP contribution in [0, 0.1) is 11.3 Å². The lowest BCUT2D eigenvalue weighted by Gasteiger charge is -2.48. The average Bonchev–Trinajstić information content (AvgIpc) is 3.74. The van der Waals surface area contributed by atoms with Gasteiger partial charge in [-0.25, -0.2) is 4.68 Å². The summed E-state index contributed by atoms with van der Waals surface area (Å²) in [5, 5.41) is 16.4. The Labute approximate surface area is 280 Å². The van der Waals surface area contributed by atoms with Crippen LogP contribution in [0.4, 0.5) is 11.5 Å². The molecule has 2 aromatic heterocycles. The number of hydrogen-bond donors (Lipinski definition) is 3. The molecule has 4 aliphatic heterocycles. The second kappa shape index (κ2) is 12.6. The average molecular weight is 650 g/mol. The topological polar surface area (TPSA) is 136 Å². The Morgan fingerprint density at radius 1 is 0.938 bits per heavy atom. The van der Waals surface area contributed by atoms with E-state index in [1.54, 1.807) is 4.68 Å². The Morgan fingerprint density at radius 3 is 2.35 bits per heavy atom. The summed E-state index contributed by atoms with van der Waals surface area (Å²) in [5.41, 5.74) is 9.32. The number of ether oxygens (including phenoxy) is 1. The van der Waals surface area contributed by atoms with Crippen molar-refractivity contribution in [2.45, 2.75) is 44.7 Å². The van der Waals surface area contributed by atoms with Crippen molar-refractivity contribution in [3.8, 4) is 22.8 Å². The van der Waals surface area contributed by atoms with E-state index in [-0.39, 0.29) is 18.5 Å². The molecule has 4 N–H and O–H groups in total. The van der Waals surface area contributed by atoms with Crippen LogP contribution in [-0.4, -0.2) is 82.1 Å². The predicted octanol–water partition coefficient (Wildman–Crippen LogP) is 4.12. The highest BCUT2D eigenvalue weighted by molar-refractivity contribution is 6.03. The molecule has 0 saturated carbocycles. The van der Waals surface area contributed by atoms with Crippen LogP contribution < -0.4 is 26.0 Å². The zero-order valence-electron chi connectivity index (χ0n) is 27.2. The lowest BCUT2D eigenvalue weighted by atomic mass is 9.73. The van der Waals surface area contributed by atoms with Crippen molar-refractivity contribution in [1.29, 1.82) is 0 Å². The molecule has 48 heavy (non-hydrogen) atoms. The van der Waals surface area contributed by atoms with E-state index in [1.807, 2.05) is 76.6 Å². The molecule has 4 aromatic rings. The molecule has 250 valence electrons. The molecule has 12 nitrogen and oxygen atoms in total. The number of carbonyl (C=O) groups is 2. The lowest BCUT2D eigenvalue weighted by molar-refractivity contribution is -0.133. The van der Waals surface area contributed by atoms with Crippen molar-refractivity contribution in [2.24, 2.45) is 17.1 Å². The van der Waals surface area contributed by atoms with Crippen molar-refractivity contribution in [3.05, 3.63) is 72.6 Å². The molecular weight excluding hydrogens is 606 g/mol. The van der Waals surface area contributed by atoms with Gasteiger partial charge in [-0.05, 0) is 79.8 Å². The normalized spacial score (nSPS) is 20.5. The zero-order chi connectivity index (χ0) is 32.7. The largest absolute Gasteiger partial charge is 0.457 e. The second-order valence-corrected chi connectivity index (χ2v) is 13.8. The minimum Gasteiger partial charge on any atom is -0.457 e. The molecule has 1 atom stereocenters. The van der Waals surface area contributed by atoms with Crippen molar-refractivity contribution >= 4 is 23.3 Å². The smallest absolute Gasteiger partial charge is 0.254 e. The highest BCUT2D eigenvalue weighted by Crippen LogP contribution is 2.40. The lowest BCUT2D eigenvalue weighted by Crippen LogP contribution is -2.58. The number of nitrogens with two attached hydrogens (primary N) is 1. The highest BCUT2D eigenvalue weighted by Gasteiger charge is 2.40. The first-order valence-electron chi connectivity index (χ1n) is 17.2. The molecule has 4 aliphatic rings. The molecule has 3 fully saturated rings. The van der Waals surface area contributed by atoms with Gasteiger partial charge in [0.05, 0.1) is 17.9 Å². The quantitative estimate of drug-likeness (QED) is 0.260. The fraction of sp³-hybridized carbons (Fsp3) is 0.444. The molecule has 12 heteroatoms. The van der Waals surface area contributed by atoms with Gasteiger partial charge in [-0.2, -0.15) is 10.2 Å². The third-order valence-electron chi connectivity index (χ3n) is 10.9. The molecule has 2 aromatic carbocycles. The minimum absolute atomic E-state index is 0.101. The number of para-hydroxylation sites is 1. The van der Waals surface area contributed by atoms with Gasteiger partial charge in [0, 0.05) is 57.6 Å². The molecule has 6 heterocycles. The van der Waals surface area contributed by atoms with E-state index < -0.39 is 5.91 Å². The van der Waals surface area contributed by atoms with Gasteiger partial charge in [-0.3, -0.25) is 14.3 Å². The molecule has 0 unspecified atom stereocenters. The van der Waals surface area contributed by atoms with Crippen LogP contribution in [0.5, 0.6) is 11.5 Å². The first kappa shape index (κ1) is 30.5. The third-order valence-corrected chi connectivity index (χ3v) is 10.9. The standard InChI is InChI=1S/C36H43N9O3/c37-34(47)32-33(26-6-8-29(9-7-26)48-28-4-2-1-3-5-28)41-45-30(10-15-39-35(32)45)25-11-16-43(17-12-25)31(46)22-44-21-27(20-40-44)42-18-13-36(14-19-42)23-38-24-36/h1-9,20-21,25,30,38-39H,10-19,22-24H2,(H2,37,47)/t30-/m0/s1. The fourth-order valence-electron chi connectivity index (χ4n) is 7.93. The first-order chi connectivity index (χ1) is 23.4. The first-order valence-corrected chi connectivity index (χ1v) is 17.2. The van der Waals surface area contributed by atoms with Gasteiger partial charge in [0.2, 0.25) is 5.91 Å². The van der Waals surface area contributed by atoms with Crippen molar-refractivity contribution in [3.63, 3.8) is 0 Å². The van der Waals surface area contributed by atoms with Crippen molar-refractivity contribution in [1.82, 2.24) is 29.8 Å². The Bertz CT molecular complexity index is 1760. The monoisotopic (exact) mass is 649 g/mol. The maximum atomic E-state index is 13.3. The van der Waals surface area contributed by atoms with Crippen LogP contribution in [-0.2, 0) is 11.3 Å². The van der Waals surface area contributed by atoms with Gasteiger partial charge in [0.25, 0.3) is 5.91 Å². The van der Waals surface area contributed by atoms with Crippen LogP contribution in [0.25, 0.3) is 11.3 Å². The van der Waals surface area contributed by atoms with Gasteiger partial charge in [0.15, 0.2) is 0 Å². The summed E-state index contributed by atoms with van der Waals surface area (Å²) in [6, 6.07) is 17.3. The van der Waals surface area contributed by atoms with Crippen molar-refractivity contribution < 1.29 is 14.3 Å². The number of anilines is 2. The maximum absolute atomic E-state index is 13.3. The van der Waals surface area contributed by atoms with Crippen molar-refractivity contribution in [2.75, 3.05) is 56.0 Å². The van der Waals surface area contributed by atoms with Gasteiger partial charge in [-0.15, -0.1) is 0 Å². The Hall–Kier alpha value is -4.84. The number of piperidine rings is 2. The molecule has 8 rings (SSSR count). The Morgan fingerprint density at radius 2 is 1.67 bits per heavy atom. The summed E-state index contributed by atoms with van der Waals surface area (Å²) in [4.78, 5) is 30.5. The third kappa shape index (κ3) is 5.89. The summed E-state index contributed by atoms with van der Waals surface area (Å²) in [5.74, 6) is 2.05. The number of nitrogens with one attached hydrogen (secondary N) is 2. The van der Waals surface area contributed by atoms with E-state index in [0.29, 0.717) is 47.2 Å². The van der Waals surface area contributed by atoms with E-state index >= 15 is 0 Å². The Kier molecular flexibility index (Phi) is 8.03.